The maximum Gasteiger partial charge on any atom is 0.123 e. The predicted octanol–water partition coefficient (Wildman–Crippen LogP) is 5.27. The average molecular weight is 367 g/mol. The van der Waals surface area contributed by atoms with Crippen molar-refractivity contribution in [3.8, 4) is 10.6 Å². The van der Waals surface area contributed by atoms with Crippen LogP contribution in [0.25, 0.3) is 10.6 Å². The van der Waals surface area contributed by atoms with Gasteiger partial charge in [-0.3, -0.25) is 0 Å². The summed E-state index contributed by atoms with van der Waals surface area (Å²) in [5, 5.41) is 4.63. The molecule has 1 aromatic carbocycles. The third-order valence-corrected chi connectivity index (χ3v) is 4.76. The molecule has 0 saturated carbocycles. The number of aromatic nitrogens is 1. The number of hydrogen-bond donors (Lipinski definition) is 1. The van der Waals surface area contributed by atoms with Crippen LogP contribution in [0.4, 0.5) is 0 Å². The SMILES string of the molecule is CC(C)Cc1nc(-c2cccc(Br)c2)sc1CNC(C)C. The Morgan fingerprint density at radius 3 is 2.62 bits per heavy atom. The van der Waals surface area contributed by atoms with Gasteiger partial charge in [0, 0.05) is 27.5 Å². The van der Waals surface area contributed by atoms with Gasteiger partial charge in [0.05, 0.1) is 5.69 Å². The van der Waals surface area contributed by atoms with Crippen molar-refractivity contribution >= 4 is 27.3 Å². The zero-order valence-corrected chi connectivity index (χ0v) is 15.5. The number of benzene rings is 1. The number of rotatable bonds is 6. The molecule has 0 saturated heterocycles. The molecule has 114 valence electrons. The summed E-state index contributed by atoms with van der Waals surface area (Å²) in [6, 6.07) is 8.87. The van der Waals surface area contributed by atoms with Gasteiger partial charge in [-0.1, -0.05) is 55.8 Å². The molecule has 0 amide bonds. The van der Waals surface area contributed by atoms with Crippen LogP contribution in [-0.2, 0) is 13.0 Å². The van der Waals surface area contributed by atoms with E-state index < -0.39 is 0 Å². The number of nitrogens with zero attached hydrogens (tertiary/aromatic N) is 1. The third kappa shape index (κ3) is 4.90. The van der Waals surface area contributed by atoms with Gasteiger partial charge in [0.1, 0.15) is 5.01 Å². The fraction of sp³-hybridized carbons (Fsp3) is 0.471. The first-order chi connectivity index (χ1) is 9.95. The van der Waals surface area contributed by atoms with E-state index in [4.69, 9.17) is 4.98 Å². The van der Waals surface area contributed by atoms with Crippen LogP contribution in [0.15, 0.2) is 28.7 Å². The molecule has 1 heterocycles. The first-order valence-electron chi connectivity index (χ1n) is 7.43. The standard InChI is InChI=1S/C17H23BrN2S/c1-11(2)8-15-16(10-19-12(3)4)21-17(20-15)13-6-5-7-14(18)9-13/h5-7,9,11-12,19H,8,10H2,1-4H3. The van der Waals surface area contributed by atoms with Crippen LogP contribution in [0.5, 0.6) is 0 Å². The highest BCUT2D eigenvalue weighted by Crippen LogP contribution is 2.31. The van der Waals surface area contributed by atoms with Gasteiger partial charge in [-0.05, 0) is 24.5 Å². The van der Waals surface area contributed by atoms with Crippen molar-refractivity contribution in [2.75, 3.05) is 0 Å². The number of thiazole rings is 1. The summed E-state index contributed by atoms with van der Waals surface area (Å²) in [7, 11) is 0. The van der Waals surface area contributed by atoms with Gasteiger partial charge in [0.15, 0.2) is 0 Å². The van der Waals surface area contributed by atoms with Crippen molar-refractivity contribution in [2.45, 2.75) is 46.7 Å². The van der Waals surface area contributed by atoms with E-state index in [-0.39, 0.29) is 0 Å². The Morgan fingerprint density at radius 1 is 1.24 bits per heavy atom. The summed E-state index contributed by atoms with van der Waals surface area (Å²) < 4.78 is 1.10. The predicted molar refractivity (Wildman–Crippen MR) is 95.8 cm³/mol. The molecule has 0 aliphatic carbocycles. The first kappa shape index (κ1) is 16.7. The van der Waals surface area contributed by atoms with Gasteiger partial charge in [-0.15, -0.1) is 11.3 Å². The Kier molecular flexibility index (Phi) is 5.97. The molecule has 2 aromatic rings. The van der Waals surface area contributed by atoms with E-state index in [0.29, 0.717) is 12.0 Å². The molecular formula is C17H23BrN2S. The Labute approximate surface area is 140 Å². The largest absolute Gasteiger partial charge is 0.310 e. The smallest absolute Gasteiger partial charge is 0.123 e. The fourth-order valence-corrected chi connectivity index (χ4v) is 3.55. The lowest BCUT2D eigenvalue weighted by atomic mass is 10.1. The first-order valence-corrected chi connectivity index (χ1v) is 9.04. The van der Waals surface area contributed by atoms with Crippen LogP contribution in [0.2, 0.25) is 0 Å². The normalized spacial score (nSPS) is 11.6. The summed E-state index contributed by atoms with van der Waals surface area (Å²) in [5.74, 6) is 0.625. The lowest BCUT2D eigenvalue weighted by Gasteiger charge is -2.08. The van der Waals surface area contributed by atoms with Gasteiger partial charge in [-0.2, -0.15) is 0 Å². The van der Waals surface area contributed by atoms with E-state index in [1.165, 1.54) is 16.1 Å². The van der Waals surface area contributed by atoms with Gasteiger partial charge < -0.3 is 5.32 Å². The second kappa shape index (κ2) is 7.52. The Morgan fingerprint density at radius 2 is 2.00 bits per heavy atom. The maximum absolute atomic E-state index is 4.90. The zero-order valence-electron chi connectivity index (χ0n) is 13.1. The molecule has 2 nitrogen and oxygen atoms in total. The zero-order chi connectivity index (χ0) is 15.4. The third-order valence-electron chi connectivity index (χ3n) is 3.12. The van der Waals surface area contributed by atoms with Gasteiger partial charge in [-0.25, -0.2) is 4.98 Å². The number of halogens is 1. The highest BCUT2D eigenvalue weighted by molar-refractivity contribution is 9.10. The van der Waals surface area contributed by atoms with Crippen molar-refractivity contribution in [1.82, 2.24) is 10.3 Å². The lowest BCUT2D eigenvalue weighted by molar-refractivity contribution is 0.581. The summed E-state index contributed by atoms with van der Waals surface area (Å²) in [4.78, 5) is 6.27. The Bertz CT molecular complexity index is 590. The fourth-order valence-electron chi connectivity index (χ4n) is 2.11. The van der Waals surface area contributed by atoms with E-state index in [9.17, 15) is 0 Å². The minimum atomic E-state index is 0.494. The highest BCUT2D eigenvalue weighted by atomic mass is 79.9. The second-order valence-electron chi connectivity index (χ2n) is 6.03. The molecular weight excluding hydrogens is 344 g/mol. The molecule has 21 heavy (non-hydrogen) atoms. The Balaban J connectivity index is 2.30. The summed E-state index contributed by atoms with van der Waals surface area (Å²) in [6.45, 7) is 9.76. The van der Waals surface area contributed by atoms with Crippen molar-refractivity contribution in [1.29, 1.82) is 0 Å². The molecule has 1 N–H and O–H groups in total. The number of nitrogens with one attached hydrogen (secondary N) is 1. The average Bonchev–Trinajstić information content (AvgIpc) is 2.78. The topological polar surface area (TPSA) is 24.9 Å². The second-order valence-corrected chi connectivity index (χ2v) is 8.03. The quantitative estimate of drug-likeness (QED) is 0.752. The monoisotopic (exact) mass is 366 g/mol. The van der Waals surface area contributed by atoms with Crippen LogP contribution in [0, 0.1) is 5.92 Å². The molecule has 1 aromatic heterocycles. The van der Waals surface area contributed by atoms with E-state index in [1.54, 1.807) is 0 Å². The van der Waals surface area contributed by atoms with Crippen LogP contribution in [0.1, 0.15) is 38.3 Å². The highest BCUT2D eigenvalue weighted by Gasteiger charge is 2.14. The molecule has 0 aliphatic heterocycles. The molecule has 0 spiro atoms. The van der Waals surface area contributed by atoms with Crippen LogP contribution < -0.4 is 5.32 Å². The summed E-state index contributed by atoms with van der Waals surface area (Å²) >= 11 is 5.35. The molecule has 0 aliphatic rings. The Hall–Kier alpha value is -0.710. The molecule has 0 fully saturated rings. The van der Waals surface area contributed by atoms with Gasteiger partial charge >= 0.3 is 0 Å². The van der Waals surface area contributed by atoms with Crippen LogP contribution in [0.3, 0.4) is 0 Å². The van der Waals surface area contributed by atoms with Gasteiger partial charge in [0.2, 0.25) is 0 Å². The molecule has 0 atom stereocenters. The lowest BCUT2D eigenvalue weighted by Crippen LogP contribution is -2.22. The molecule has 2 rings (SSSR count). The van der Waals surface area contributed by atoms with Crippen molar-refractivity contribution in [2.24, 2.45) is 5.92 Å². The number of hydrogen-bond acceptors (Lipinski definition) is 3. The molecule has 0 unspecified atom stereocenters. The van der Waals surface area contributed by atoms with E-state index in [0.717, 1.165) is 22.4 Å². The van der Waals surface area contributed by atoms with E-state index in [1.807, 2.05) is 17.4 Å². The van der Waals surface area contributed by atoms with Crippen molar-refractivity contribution < 1.29 is 0 Å². The van der Waals surface area contributed by atoms with Crippen LogP contribution >= 0.6 is 27.3 Å². The van der Waals surface area contributed by atoms with Crippen molar-refractivity contribution in [3.05, 3.63) is 39.3 Å². The van der Waals surface area contributed by atoms with Gasteiger partial charge in [0.25, 0.3) is 0 Å². The van der Waals surface area contributed by atoms with Crippen LogP contribution in [-0.4, -0.2) is 11.0 Å². The molecule has 0 bridgehead atoms. The minimum absolute atomic E-state index is 0.494. The summed E-state index contributed by atoms with van der Waals surface area (Å²) in [6.07, 6.45) is 1.04. The summed E-state index contributed by atoms with van der Waals surface area (Å²) in [5.41, 5.74) is 2.44. The molecule has 0 radical (unpaired) electrons. The van der Waals surface area contributed by atoms with E-state index in [2.05, 4.69) is 67.1 Å². The minimum Gasteiger partial charge on any atom is -0.310 e. The van der Waals surface area contributed by atoms with E-state index >= 15 is 0 Å². The van der Waals surface area contributed by atoms with Crippen molar-refractivity contribution in [3.63, 3.8) is 0 Å². The maximum atomic E-state index is 4.90. The molecule has 4 heteroatoms.